The molecule has 1 fully saturated rings. The van der Waals surface area contributed by atoms with Gasteiger partial charge in [-0.15, -0.1) is 11.3 Å². The molecule has 1 aromatic heterocycles. The molecule has 2 aromatic rings. The standard InChI is InChI=1S/C16H18N2OS/c17-13-5-3-12(4-6-13)11-18(14-7-8-14)16(19)10-15-2-1-9-20-15/h1-6,9,14H,7-8,10-11,17H2. The van der Waals surface area contributed by atoms with Crippen molar-refractivity contribution < 1.29 is 4.79 Å². The SMILES string of the molecule is Nc1ccc(CN(C(=O)Cc2cccs2)C2CC2)cc1. The van der Waals surface area contributed by atoms with E-state index in [0.29, 0.717) is 19.0 Å². The molecule has 0 saturated heterocycles. The van der Waals surface area contributed by atoms with Gasteiger partial charge >= 0.3 is 0 Å². The molecule has 1 saturated carbocycles. The first-order valence-electron chi connectivity index (χ1n) is 6.88. The maximum absolute atomic E-state index is 12.5. The lowest BCUT2D eigenvalue weighted by Crippen LogP contribution is -2.33. The number of nitrogens with zero attached hydrogens (tertiary/aromatic N) is 1. The fourth-order valence-corrected chi connectivity index (χ4v) is 2.99. The maximum Gasteiger partial charge on any atom is 0.228 e. The summed E-state index contributed by atoms with van der Waals surface area (Å²) < 4.78 is 0. The summed E-state index contributed by atoms with van der Waals surface area (Å²) in [7, 11) is 0. The molecule has 1 amide bonds. The second kappa shape index (κ2) is 5.67. The van der Waals surface area contributed by atoms with Crippen LogP contribution >= 0.6 is 11.3 Å². The van der Waals surface area contributed by atoms with Crippen LogP contribution < -0.4 is 5.73 Å². The molecule has 0 bridgehead atoms. The van der Waals surface area contributed by atoms with Crippen LogP contribution in [0.5, 0.6) is 0 Å². The first kappa shape index (κ1) is 13.2. The van der Waals surface area contributed by atoms with Gasteiger partial charge < -0.3 is 10.6 Å². The van der Waals surface area contributed by atoms with Gasteiger partial charge in [-0.2, -0.15) is 0 Å². The van der Waals surface area contributed by atoms with Crippen molar-refractivity contribution in [1.29, 1.82) is 0 Å². The van der Waals surface area contributed by atoms with Crippen molar-refractivity contribution in [2.75, 3.05) is 5.73 Å². The number of carbonyl (C=O) groups is 1. The highest BCUT2D eigenvalue weighted by Crippen LogP contribution is 2.29. The first-order chi connectivity index (χ1) is 9.72. The zero-order chi connectivity index (χ0) is 13.9. The topological polar surface area (TPSA) is 46.3 Å². The van der Waals surface area contributed by atoms with Gasteiger partial charge in [0.15, 0.2) is 0 Å². The Labute approximate surface area is 123 Å². The number of hydrogen-bond acceptors (Lipinski definition) is 3. The molecule has 20 heavy (non-hydrogen) atoms. The average Bonchev–Trinajstić information content (AvgIpc) is 3.15. The zero-order valence-corrected chi connectivity index (χ0v) is 12.1. The number of amides is 1. The number of hydrogen-bond donors (Lipinski definition) is 1. The van der Waals surface area contributed by atoms with Crippen LogP contribution in [-0.4, -0.2) is 16.8 Å². The molecule has 1 aliphatic rings. The molecule has 104 valence electrons. The maximum atomic E-state index is 12.5. The second-order valence-electron chi connectivity index (χ2n) is 5.25. The zero-order valence-electron chi connectivity index (χ0n) is 11.3. The lowest BCUT2D eigenvalue weighted by Gasteiger charge is -2.22. The van der Waals surface area contributed by atoms with Crippen molar-refractivity contribution in [2.45, 2.75) is 31.8 Å². The molecule has 3 nitrogen and oxygen atoms in total. The van der Waals surface area contributed by atoms with Gasteiger partial charge in [0, 0.05) is 23.2 Å². The molecular weight excluding hydrogens is 268 g/mol. The lowest BCUT2D eigenvalue weighted by molar-refractivity contribution is -0.131. The minimum Gasteiger partial charge on any atom is -0.399 e. The third kappa shape index (κ3) is 3.20. The van der Waals surface area contributed by atoms with Crippen LogP contribution in [0.4, 0.5) is 5.69 Å². The van der Waals surface area contributed by atoms with Gasteiger partial charge in [0.05, 0.1) is 6.42 Å². The van der Waals surface area contributed by atoms with Crippen LogP contribution in [0.25, 0.3) is 0 Å². The van der Waals surface area contributed by atoms with Gasteiger partial charge in [0.1, 0.15) is 0 Å². The Hall–Kier alpha value is -1.81. The number of anilines is 1. The Morgan fingerprint density at radius 2 is 2.00 bits per heavy atom. The molecule has 3 rings (SSSR count). The van der Waals surface area contributed by atoms with Gasteiger partial charge in [0.25, 0.3) is 0 Å². The molecule has 0 unspecified atom stereocenters. The van der Waals surface area contributed by atoms with Crippen molar-refractivity contribution in [3.05, 3.63) is 52.2 Å². The van der Waals surface area contributed by atoms with Crippen molar-refractivity contribution in [1.82, 2.24) is 4.90 Å². The summed E-state index contributed by atoms with van der Waals surface area (Å²) in [5.74, 6) is 0.228. The minimum absolute atomic E-state index is 0.228. The number of benzene rings is 1. The molecule has 0 atom stereocenters. The number of rotatable bonds is 5. The predicted octanol–water partition coefficient (Wildman–Crippen LogP) is 3.06. The largest absolute Gasteiger partial charge is 0.399 e. The Bertz CT molecular complexity index is 573. The first-order valence-corrected chi connectivity index (χ1v) is 7.76. The Balaban J connectivity index is 1.69. The summed E-state index contributed by atoms with van der Waals surface area (Å²) >= 11 is 1.65. The van der Waals surface area contributed by atoms with Crippen molar-refractivity contribution >= 4 is 22.9 Å². The van der Waals surface area contributed by atoms with E-state index >= 15 is 0 Å². The molecule has 0 aliphatic heterocycles. The fraction of sp³-hybridized carbons (Fsp3) is 0.312. The molecular formula is C16H18N2OS. The van der Waals surface area contributed by atoms with Crippen LogP contribution in [0.15, 0.2) is 41.8 Å². The van der Waals surface area contributed by atoms with Crippen LogP contribution in [0.2, 0.25) is 0 Å². The van der Waals surface area contributed by atoms with Gasteiger partial charge in [-0.1, -0.05) is 18.2 Å². The highest BCUT2D eigenvalue weighted by Gasteiger charge is 2.32. The Morgan fingerprint density at radius 1 is 1.25 bits per heavy atom. The highest BCUT2D eigenvalue weighted by molar-refractivity contribution is 7.10. The average molecular weight is 286 g/mol. The highest BCUT2D eigenvalue weighted by atomic mass is 32.1. The van der Waals surface area contributed by atoms with Gasteiger partial charge in [-0.05, 0) is 42.0 Å². The minimum atomic E-state index is 0.228. The summed E-state index contributed by atoms with van der Waals surface area (Å²) in [5.41, 5.74) is 7.61. The van der Waals surface area contributed by atoms with E-state index in [2.05, 4.69) is 0 Å². The van der Waals surface area contributed by atoms with E-state index in [4.69, 9.17) is 5.73 Å². The lowest BCUT2D eigenvalue weighted by atomic mass is 10.2. The van der Waals surface area contributed by atoms with Gasteiger partial charge in [-0.25, -0.2) is 0 Å². The smallest absolute Gasteiger partial charge is 0.228 e. The monoisotopic (exact) mass is 286 g/mol. The quantitative estimate of drug-likeness (QED) is 0.859. The predicted molar refractivity (Wildman–Crippen MR) is 82.4 cm³/mol. The number of nitrogen functional groups attached to an aromatic ring is 1. The van der Waals surface area contributed by atoms with Crippen LogP contribution in [0.3, 0.4) is 0 Å². The van der Waals surface area contributed by atoms with E-state index in [0.717, 1.165) is 29.0 Å². The number of nitrogens with two attached hydrogens (primary N) is 1. The van der Waals surface area contributed by atoms with Crippen molar-refractivity contribution in [2.24, 2.45) is 0 Å². The van der Waals surface area contributed by atoms with Crippen LogP contribution in [-0.2, 0) is 17.8 Å². The van der Waals surface area contributed by atoms with E-state index in [1.807, 2.05) is 46.7 Å². The third-order valence-corrected chi connectivity index (χ3v) is 4.42. The molecule has 1 heterocycles. The summed E-state index contributed by atoms with van der Waals surface area (Å²) in [6.45, 7) is 0.690. The van der Waals surface area contributed by atoms with E-state index in [1.165, 1.54) is 0 Å². The number of thiophene rings is 1. The Morgan fingerprint density at radius 3 is 2.60 bits per heavy atom. The van der Waals surface area contributed by atoms with Crippen molar-refractivity contribution in [3.63, 3.8) is 0 Å². The van der Waals surface area contributed by atoms with E-state index in [-0.39, 0.29) is 5.91 Å². The summed E-state index contributed by atoms with van der Waals surface area (Å²) in [4.78, 5) is 15.6. The van der Waals surface area contributed by atoms with E-state index in [9.17, 15) is 4.79 Å². The summed E-state index contributed by atoms with van der Waals surface area (Å²) in [5, 5.41) is 2.02. The fourth-order valence-electron chi connectivity index (χ4n) is 2.29. The van der Waals surface area contributed by atoms with Crippen LogP contribution in [0.1, 0.15) is 23.3 Å². The molecule has 0 radical (unpaired) electrons. The molecule has 1 aromatic carbocycles. The molecule has 0 spiro atoms. The van der Waals surface area contributed by atoms with E-state index < -0.39 is 0 Å². The summed E-state index contributed by atoms with van der Waals surface area (Å²) in [6, 6.07) is 12.2. The normalized spacial score (nSPS) is 14.2. The van der Waals surface area contributed by atoms with Gasteiger partial charge in [-0.3, -0.25) is 4.79 Å². The second-order valence-corrected chi connectivity index (χ2v) is 6.28. The molecule has 4 heteroatoms. The van der Waals surface area contributed by atoms with E-state index in [1.54, 1.807) is 11.3 Å². The summed E-state index contributed by atoms with van der Waals surface area (Å²) in [6.07, 6.45) is 2.78. The Kier molecular flexibility index (Phi) is 3.74. The van der Waals surface area contributed by atoms with Crippen LogP contribution in [0, 0.1) is 0 Å². The number of carbonyl (C=O) groups excluding carboxylic acids is 1. The molecule has 1 aliphatic carbocycles. The third-order valence-electron chi connectivity index (χ3n) is 3.55. The molecule has 2 N–H and O–H groups in total. The van der Waals surface area contributed by atoms with Gasteiger partial charge in [0.2, 0.25) is 5.91 Å². The van der Waals surface area contributed by atoms with Crippen molar-refractivity contribution in [3.8, 4) is 0 Å².